The number of carbonyl (C=O) groups excluding carboxylic acids is 1. The van der Waals surface area contributed by atoms with Crippen LogP contribution in [0.4, 0.5) is 5.82 Å². The second-order valence-corrected chi connectivity index (χ2v) is 6.12. The molecule has 1 aliphatic heterocycles. The lowest BCUT2D eigenvalue weighted by molar-refractivity contribution is -0.116. The quantitative estimate of drug-likeness (QED) is 0.836. The SMILES string of the molecule is O=C(C=Cc1ccc(Cl)cc1)NCc1cccnc1N1CCOCC1. The first-order chi connectivity index (χ1) is 12.2. The number of carbonyl (C=O) groups is 1. The Kier molecular flexibility index (Phi) is 6.04. The summed E-state index contributed by atoms with van der Waals surface area (Å²) in [6, 6.07) is 11.2. The molecule has 0 bridgehead atoms. The number of nitrogens with one attached hydrogen (secondary N) is 1. The number of halogens is 1. The highest BCUT2D eigenvalue weighted by atomic mass is 35.5. The Bertz CT molecular complexity index is 741. The third kappa shape index (κ3) is 5.05. The van der Waals surface area contributed by atoms with Crippen molar-refractivity contribution in [1.82, 2.24) is 10.3 Å². The lowest BCUT2D eigenvalue weighted by Crippen LogP contribution is -2.37. The summed E-state index contributed by atoms with van der Waals surface area (Å²) in [5.74, 6) is 0.763. The monoisotopic (exact) mass is 357 g/mol. The first-order valence-electron chi connectivity index (χ1n) is 8.20. The maximum atomic E-state index is 12.1. The normalized spacial score (nSPS) is 14.7. The third-order valence-corrected chi connectivity index (χ3v) is 4.18. The van der Waals surface area contributed by atoms with Crippen LogP contribution in [0, 0.1) is 0 Å². The van der Waals surface area contributed by atoms with E-state index in [1.165, 1.54) is 6.08 Å². The van der Waals surface area contributed by atoms with E-state index in [1.54, 1.807) is 24.4 Å². The number of benzene rings is 1. The molecule has 25 heavy (non-hydrogen) atoms. The number of ether oxygens (including phenoxy) is 1. The van der Waals surface area contributed by atoms with Gasteiger partial charge in [-0.25, -0.2) is 4.98 Å². The van der Waals surface area contributed by atoms with Crippen LogP contribution in [0.5, 0.6) is 0 Å². The summed E-state index contributed by atoms with van der Waals surface area (Å²) in [6.45, 7) is 3.46. The summed E-state index contributed by atoms with van der Waals surface area (Å²) >= 11 is 5.85. The van der Waals surface area contributed by atoms with E-state index in [-0.39, 0.29) is 5.91 Å². The average Bonchev–Trinajstić information content (AvgIpc) is 2.67. The van der Waals surface area contributed by atoms with Crippen molar-refractivity contribution in [3.63, 3.8) is 0 Å². The van der Waals surface area contributed by atoms with E-state index in [0.29, 0.717) is 24.8 Å². The highest BCUT2D eigenvalue weighted by Gasteiger charge is 2.15. The minimum atomic E-state index is -0.147. The lowest BCUT2D eigenvalue weighted by Gasteiger charge is -2.29. The fourth-order valence-corrected chi connectivity index (χ4v) is 2.74. The Hall–Kier alpha value is -2.37. The van der Waals surface area contributed by atoms with Gasteiger partial charge < -0.3 is 15.0 Å². The smallest absolute Gasteiger partial charge is 0.244 e. The molecule has 0 radical (unpaired) electrons. The zero-order valence-corrected chi connectivity index (χ0v) is 14.6. The minimum absolute atomic E-state index is 0.147. The molecule has 0 atom stereocenters. The highest BCUT2D eigenvalue weighted by Crippen LogP contribution is 2.18. The van der Waals surface area contributed by atoms with Gasteiger partial charge in [0.15, 0.2) is 0 Å². The zero-order chi connectivity index (χ0) is 17.5. The van der Waals surface area contributed by atoms with Crippen LogP contribution in [0.2, 0.25) is 5.02 Å². The van der Waals surface area contributed by atoms with Crippen LogP contribution in [-0.2, 0) is 16.1 Å². The van der Waals surface area contributed by atoms with Crippen LogP contribution in [0.25, 0.3) is 6.08 Å². The van der Waals surface area contributed by atoms with Gasteiger partial charge in [0.2, 0.25) is 5.91 Å². The van der Waals surface area contributed by atoms with Gasteiger partial charge >= 0.3 is 0 Å². The topological polar surface area (TPSA) is 54.5 Å². The van der Waals surface area contributed by atoms with Crippen LogP contribution < -0.4 is 10.2 Å². The van der Waals surface area contributed by atoms with E-state index in [2.05, 4.69) is 15.2 Å². The zero-order valence-electron chi connectivity index (χ0n) is 13.8. The number of amides is 1. The van der Waals surface area contributed by atoms with Crippen molar-refractivity contribution in [2.24, 2.45) is 0 Å². The average molecular weight is 358 g/mol. The molecule has 1 aromatic carbocycles. The molecule has 2 heterocycles. The van der Waals surface area contributed by atoms with Crippen molar-refractivity contribution in [3.8, 4) is 0 Å². The molecule has 3 rings (SSSR count). The number of nitrogens with zero attached hydrogens (tertiary/aromatic N) is 2. The summed E-state index contributed by atoms with van der Waals surface area (Å²) < 4.78 is 5.38. The molecule has 0 saturated carbocycles. The summed E-state index contributed by atoms with van der Waals surface area (Å²) in [4.78, 5) is 18.7. The molecule has 1 fully saturated rings. The van der Waals surface area contributed by atoms with E-state index < -0.39 is 0 Å². The number of rotatable bonds is 5. The second kappa shape index (κ2) is 8.65. The molecule has 1 aliphatic rings. The molecule has 130 valence electrons. The van der Waals surface area contributed by atoms with E-state index in [1.807, 2.05) is 24.3 Å². The molecule has 2 aromatic rings. The number of hydrogen-bond donors (Lipinski definition) is 1. The molecule has 6 heteroatoms. The summed E-state index contributed by atoms with van der Waals surface area (Å²) in [7, 11) is 0. The Morgan fingerprint density at radius 3 is 2.76 bits per heavy atom. The predicted molar refractivity (Wildman–Crippen MR) is 99.6 cm³/mol. The molecule has 1 amide bonds. The molecule has 1 saturated heterocycles. The van der Waals surface area contributed by atoms with Crippen LogP contribution in [0.1, 0.15) is 11.1 Å². The van der Waals surface area contributed by atoms with Gasteiger partial charge in [-0.05, 0) is 29.8 Å². The molecular weight excluding hydrogens is 338 g/mol. The largest absolute Gasteiger partial charge is 0.378 e. The van der Waals surface area contributed by atoms with Crippen molar-refractivity contribution >= 4 is 29.4 Å². The van der Waals surface area contributed by atoms with Crippen LogP contribution in [0.15, 0.2) is 48.7 Å². The highest BCUT2D eigenvalue weighted by molar-refractivity contribution is 6.30. The Morgan fingerprint density at radius 1 is 1.24 bits per heavy atom. The maximum absolute atomic E-state index is 12.1. The number of anilines is 1. The molecule has 5 nitrogen and oxygen atoms in total. The summed E-state index contributed by atoms with van der Waals surface area (Å²) in [6.07, 6.45) is 5.06. The molecule has 0 spiro atoms. The van der Waals surface area contributed by atoms with E-state index in [4.69, 9.17) is 16.3 Å². The molecular formula is C19H20ClN3O2. The third-order valence-electron chi connectivity index (χ3n) is 3.93. The standard InChI is InChI=1S/C19H20ClN3O2/c20-17-6-3-15(4-7-17)5-8-18(24)22-14-16-2-1-9-21-19(16)23-10-12-25-13-11-23/h1-9H,10-14H2,(H,22,24). The van der Waals surface area contributed by atoms with Crippen molar-refractivity contribution in [2.45, 2.75) is 6.54 Å². The van der Waals surface area contributed by atoms with Crippen LogP contribution in [-0.4, -0.2) is 37.2 Å². The van der Waals surface area contributed by atoms with Gasteiger partial charge in [-0.3, -0.25) is 4.79 Å². The predicted octanol–water partition coefficient (Wildman–Crippen LogP) is 2.90. The maximum Gasteiger partial charge on any atom is 0.244 e. The van der Waals surface area contributed by atoms with Crippen molar-refractivity contribution in [2.75, 3.05) is 31.2 Å². The van der Waals surface area contributed by atoms with E-state index >= 15 is 0 Å². The number of aromatic nitrogens is 1. The fraction of sp³-hybridized carbons (Fsp3) is 0.263. The molecule has 0 aliphatic carbocycles. The van der Waals surface area contributed by atoms with Crippen molar-refractivity contribution in [1.29, 1.82) is 0 Å². The lowest BCUT2D eigenvalue weighted by atomic mass is 10.2. The molecule has 0 unspecified atom stereocenters. The van der Waals surface area contributed by atoms with Crippen LogP contribution >= 0.6 is 11.6 Å². The van der Waals surface area contributed by atoms with Gasteiger partial charge in [-0.15, -0.1) is 0 Å². The van der Waals surface area contributed by atoms with Crippen LogP contribution in [0.3, 0.4) is 0 Å². The Morgan fingerprint density at radius 2 is 2.00 bits per heavy atom. The Labute approximate surface area is 152 Å². The van der Waals surface area contributed by atoms with Gasteiger partial charge in [-0.2, -0.15) is 0 Å². The molecule has 1 aromatic heterocycles. The first kappa shape index (κ1) is 17.5. The molecule has 1 N–H and O–H groups in total. The first-order valence-corrected chi connectivity index (χ1v) is 8.58. The number of pyridine rings is 1. The van der Waals surface area contributed by atoms with Gasteiger partial charge in [0.05, 0.1) is 13.2 Å². The summed E-state index contributed by atoms with van der Waals surface area (Å²) in [5.41, 5.74) is 1.92. The van der Waals surface area contributed by atoms with Gasteiger partial charge in [0.1, 0.15) is 5.82 Å². The summed E-state index contributed by atoms with van der Waals surface area (Å²) in [5, 5.41) is 3.59. The van der Waals surface area contributed by atoms with Crippen molar-refractivity contribution in [3.05, 3.63) is 64.8 Å². The van der Waals surface area contributed by atoms with Gasteiger partial charge in [-0.1, -0.05) is 29.8 Å². The van der Waals surface area contributed by atoms with Gasteiger partial charge in [0, 0.05) is 42.5 Å². The minimum Gasteiger partial charge on any atom is -0.378 e. The van der Waals surface area contributed by atoms with Crippen molar-refractivity contribution < 1.29 is 9.53 Å². The number of hydrogen-bond acceptors (Lipinski definition) is 4. The number of morpholine rings is 1. The van der Waals surface area contributed by atoms with Gasteiger partial charge in [0.25, 0.3) is 0 Å². The van der Waals surface area contributed by atoms with E-state index in [9.17, 15) is 4.79 Å². The Balaban J connectivity index is 1.59. The fourth-order valence-electron chi connectivity index (χ4n) is 2.62. The second-order valence-electron chi connectivity index (χ2n) is 5.69. The van der Waals surface area contributed by atoms with E-state index in [0.717, 1.165) is 30.0 Å².